The second-order valence-corrected chi connectivity index (χ2v) is 7.07. The third-order valence-corrected chi connectivity index (χ3v) is 4.99. The molecular formula is C20H24Cl2N2O2. The SMILES string of the molecule is CCCN(C(=O)Cc1ccc(Cl)c(Cl)c1)C(C)Cc1cnccc1OC. The Kier molecular flexibility index (Phi) is 7.73. The zero-order valence-corrected chi connectivity index (χ0v) is 16.8. The monoisotopic (exact) mass is 394 g/mol. The number of rotatable bonds is 8. The normalized spacial score (nSPS) is 11.9. The van der Waals surface area contributed by atoms with Crippen molar-refractivity contribution in [2.75, 3.05) is 13.7 Å². The van der Waals surface area contributed by atoms with Gasteiger partial charge in [0.15, 0.2) is 0 Å². The van der Waals surface area contributed by atoms with E-state index in [2.05, 4.69) is 18.8 Å². The van der Waals surface area contributed by atoms with Crippen LogP contribution in [0.1, 0.15) is 31.4 Å². The quantitative estimate of drug-likeness (QED) is 0.644. The molecule has 26 heavy (non-hydrogen) atoms. The Bertz CT molecular complexity index is 752. The van der Waals surface area contributed by atoms with E-state index >= 15 is 0 Å². The molecule has 0 bridgehead atoms. The highest BCUT2D eigenvalue weighted by molar-refractivity contribution is 6.42. The lowest BCUT2D eigenvalue weighted by Gasteiger charge is -2.29. The molecule has 0 saturated carbocycles. The largest absolute Gasteiger partial charge is 0.496 e. The van der Waals surface area contributed by atoms with Crippen LogP contribution in [-0.4, -0.2) is 35.5 Å². The van der Waals surface area contributed by atoms with Gasteiger partial charge in [-0.05, 0) is 43.5 Å². The van der Waals surface area contributed by atoms with Crippen LogP contribution >= 0.6 is 23.2 Å². The minimum absolute atomic E-state index is 0.0309. The molecule has 2 aromatic rings. The van der Waals surface area contributed by atoms with Gasteiger partial charge in [-0.3, -0.25) is 9.78 Å². The average Bonchev–Trinajstić information content (AvgIpc) is 2.63. The summed E-state index contributed by atoms with van der Waals surface area (Å²) in [6, 6.07) is 7.18. The van der Waals surface area contributed by atoms with E-state index in [-0.39, 0.29) is 11.9 Å². The number of hydrogen-bond acceptors (Lipinski definition) is 3. The van der Waals surface area contributed by atoms with E-state index in [1.807, 2.05) is 17.0 Å². The number of hydrogen-bond donors (Lipinski definition) is 0. The molecule has 0 spiro atoms. The maximum atomic E-state index is 12.9. The summed E-state index contributed by atoms with van der Waals surface area (Å²) in [4.78, 5) is 19.0. The lowest BCUT2D eigenvalue weighted by Crippen LogP contribution is -2.41. The Morgan fingerprint density at radius 1 is 1.27 bits per heavy atom. The first-order chi connectivity index (χ1) is 12.5. The van der Waals surface area contributed by atoms with Crippen molar-refractivity contribution < 1.29 is 9.53 Å². The van der Waals surface area contributed by atoms with Crippen molar-refractivity contribution in [2.45, 2.75) is 39.2 Å². The minimum atomic E-state index is 0.0309. The summed E-state index contributed by atoms with van der Waals surface area (Å²) in [5, 5.41) is 0.956. The van der Waals surface area contributed by atoms with Crippen molar-refractivity contribution >= 4 is 29.1 Å². The molecule has 1 unspecified atom stereocenters. The maximum Gasteiger partial charge on any atom is 0.227 e. The predicted molar refractivity (Wildman–Crippen MR) is 106 cm³/mol. The number of carbonyl (C=O) groups is 1. The number of methoxy groups -OCH3 is 1. The lowest BCUT2D eigenvalue weighted by atomic mass is 10.0. The van der Waals surface area contributed by atoms with Crippen LogP contribution in [0.3, 0.4) is 0 Å². The molecule has 140 valence electrons. The predicted octanol–water partition coefficient (Wildman–Crippen LogP) is 4.81. The summed E-state index contributed by atoms with van der Waals surface area (Å²) in [6.45, 7) is 4.82. The number of nitrogens with zero attached hydrogens (tertiary/aromatic N) is 2. The highest BCUT2D eigenvalue weighted by atomic mass is 35.5. The fourth-order valence-electron chi connectivity index (χ4n) is 2.95. The molecule has 1 atom stereocenters. The molecule has 6 heteroatoms. The summed E-state index contributed by atoms with van der Waals surface area (Å²) in [7, 11) is 1.64. The van der Waals surface area contributed by atoms with E-state index in [1.54, 1.807) is 31.6 Å². The number of pyridine rings is 1. The van der Waals surface area contributed by atoms with Gasteiger partial charge >= 0.3 is 0 Å². The number of halogens is 2. The summed E-state index contributed by atoms with van der Waals surface area (Å²) in [6.07, 6.45) is 5.37. The zero-order chi connectivity index (χ0) is 19.1. The summed E-state index contributed by atoms with van der Waals surface area (Å²) < 4.78 is 5.40. The first-order valence-corrected chi connectivity index (χ1v) is 9.42. The van der Waals surface area contributed by atoms with Gasteiger partial charge in [0.05, 0.1) is 23.6 Å². The van der Waals surface area contributed by atoms with Crippen LogP contribution in [0.5, 0.6) is 5.75 Å². The Balaban J connectivity index is 2.12. The van der Waals surface area contributed by atoms with E-state index < -0.39 is 0 Å². The fraction of sp³-hybridized carbons (Fsp3) is 0.400. The van der Waals surface area contributed by atoms with Crippen LogP contribution in [0.2, 0.25) is 10.0 Å². The molecule has 1 aromatic heterocycles. The summed E-state index contributed by atoms with van der Waals surface area (Å²) in [5.74, 6) is 0.862. The molecule has 0 N–H and O–H groups in total. The van der Waals surface area contributed by atoms with Gasteiger partial charge in [-0.25, -0.2) is 0 Å². The number of benzene rings is 1. The molecule has 4 nitrogen and oxygen atoms in total. The molecule has 0 aliphatic heterocycles. The second kappa shape index (κ2) is 9.79. The number of carbonyl (C=O) groups excluding carboxylic acids is 1. The summed E-state index contributed by atoms with van der Waals surface area (Å²) >= 11 is 12.0. The van der Waals surface area contributed by atoms with Gasteiger partial charge < -0.3 is 9.64 Å². The first-order valence-electron chi connectivity index (χ1n) is 8.66. The van der Waals surface area contributed by atoms with E-state index in [1.165, 1.54) is 0 Å². The molecule has 1 heterocycles. The first kappa shape index (κ1) is 20.5. The molecule has 2 rings (SSSR count). The Hall–Kier alpha value is -1.78. The molecule has 0 fully saturated rings. The molecule has 1 amide bonds. The Morgan fingerprint density at radius 2 is 2.04 bits per heavy atom. The van der Waals surface area contributed by atoms with Gasteiger partial charge in [-0.15, -0.1) is 0 Å². The van der Waals surface area contributed by atoms with Crippen molar-refractivity contribution in [3.63, 3.8) is 0 Å². The van der Waals surface area contributed by atoms with E-state index in [0.29, 0.717) is 29.4 Å². The third-order valence-electron chi connectivity index (χ3n) is 4.25. The van der Waals surface area contributed by atoms with Crippen molar-refractivity contribution in [3.8, 4) is 5.75 Å². The standard InChI is InChI=1S/C20H24Cl2N2O2/c1-4-9-24(14(2)10-16-13-23-8-7-19(16)26-3)20(25)12-15-5-6-17(21)18(22)11-15/h5-8,11,13-14H,4,9-10,12H2,1-3H3. The van der Waals surface area contributed by atoms with Gasteiger partial charge in [-0.1, -0.05) is 36.2 Å². The van der Waals surface area contributed by atoms with Crippen molar-refractivity contribution in [2.24, 2.45) is 0 Å². The molecule has 0 saturated heterocycles. The van der Waals surface area contributed by atoms with Gasteiger partial charge in [0.25, 0.3) is 0 Å². The van der Waals surface area contributed by atoms with Crippen molar-refractivity contribution in [1.82, 2.24) is 9.88 Å². The van der Waals surface area contributed by atoms with Gasteiger partial charge in [0.1, 0.15) is 5.75 Å². The zero-order valence-electron chi connectivity index (χ0n) is 15.3. The highest BCUT2D eigenvalue weighted by Crippen LogP contribution is 2.24. The van der Waals surface area contributed by atoms with Gasteiger partial charge in [0.2, 0.25) is 5.91 Å². The van der Waals surface area contributed by atoms with Crippen LogP contribution in [-0.2, 0) is 17.6 Å². The van der Waals surface area contributed by atoms with Gasteiger partial charge in [-0.2, -0.15) is 0 Å². The molecular weight excluding hydrogens is 371 g/mol. The average molecular weight is 395 g/mol. The van der Waals surface area contributed by atoms with E-state index in [9.17, 15) is 4.79 Å². The second-order valence-electron chi connectivity index (χ2n) is 6.25. The third kappa shape index (κ3) is 5.36. The van der Waals surface area contributed by atoms with E-state index in [0.717, 1.165) is 23.3 Å². The summed E-state index contributed by atoms with van der Waals surface area (Å²) in [5.41, 5.74) is 1.85. The lowest BCUT2D eigenvalue weighted by molar-refractivity contribution is -0.132. The van der Waals surface area contributed by atoms with Crippen LogP contribution in [0.4, 0.5) is 0 Å². The van der Waals surface area contributed by atoms with Crippen LogP contribution in [0.25, 0.3) is 0 Å². The maximum absolute atomic E-state index is 12.9. The van der Waals surface area contributed by atoms with Gasteiger partial charge in [0, 0.05) is 30.5 Å². The molecule has 0 aliphatic carbocycles. The topological polar surface area (TPSA) is 42.4 Å². The number of ether oxygens (including phenoxy) is 1. The Labute approximate surface area is 165 Å². The van der Waals surface area contributed by atoms with E-state index in [4.69, 9.17) is 27.9 Å². The Morgan fingerprint density at radius 3 is 2.69 bits per heavy atom. The van der Waals surface area contributed by atoms with Crippen LogP contribution < -0.4 is 4.74 Å². The van der Waals surface area contributed by atoms with Crippen LogP contribution in [0, 0.1) is 0 Å². The van der Waals surface area contributed by atoms with Crippen molar-refractivity contribution in [3.05, 3.63) is 57.8 Å². The minimum Gasteiger partial charge on any atom is -0.496 e. The van der Waals surface area contributed by atoms with Crippen molar-refractivity contribution in [1.29, 1.82) is 0 Å². The fourth-order valence-corrected chi connectivity index (χ4v) is 3.27. The molecule has 0 aliphatic rings. The molecule has 1 aromatic carbocycles. The number of amides is 1. The highest BCUT2D eigenvalue weighted by Gasteiger charge is 2.21. The van der Waals surface area contributed by atoms with Crippen LogP contribution in [0.15, 0.2) is 36.7 Å². The smallest absolute Gasteiger partial charge is 0.227 e. The number of aromatic nitrogens is 1. The molecule has 0 radical (unpaired) electrons.